The number of benzene rings is 1. The number of carbonyl (C=O) groups is 1. The van der Waals surface area contributed by atoms with Gasteiger partial charge in [0, 0.05) is 25.0 Å². The van der Waals surface area contributed by atoms with Crippen LogP contribution in [-0.4, -0.2) is 45.0 Å². The van der Waals surface area contributed by atoms with E-state index in [1.54, 1.807) is 0 Å². The van der Waals surface area contributed by atoms with Crippen LogP contribution in [0.1, 0.15) is 25.7 Å². The Kier molecular flexibility index (Phi) is 5.35. The van der Waals surface area contributed by atoms with Gasteiger partial charge in [0.1, 0.15) is 9.84 Å². The molecule has 0 saturated carbocycles. The van der Waals surface area contributed by atoms with Crippen LogP contribution in [0, 0.1) is 5.92 Å². The number of para-hydroxylation sites is 1. The summed E-state index contributed by atoms with van der Waals surface area (Å²) < 4.78 is 23.0. The van der Waals surface area contributed by atoms with Crippen LogP contribution < -0.4 is 10.2 Å². The summed E-state index contributed by atoms with van der Waals surface area (Å²) in [4.78, 5) is 14.6. The monoisotopic (exact) mass is 370 g/mol. The number of anilines is 1. The maximum absolute atomic E-state index is 12.4. The molecule has 2 fully saturated rings. The zero-order valence-corrected chi connectivity index (χ0v) is 15.2. The Morgan fingerprint density at radius 1 is 1.17 bits per heavy atom. The summed E-state index contributed by atoms with van der Waals surface area (Å²) in [6.45, 7) is 1.66. The van der Waals surface area contributed by atoms with Gasteiger partial charge in [-0.2, -0.15) is 0 Å². The smallest absolute Gasteiger partial charge is 0.223 e. The third-order valence-electron chi connectivity index (χ3n) is 4.89. The van der Waals surface area contributed by atoms with Gasteiger partial charge in [-0.3, -0.25) is 4.79 Å². The van der Waals surface area contributed by atoms with Gasteiger partial charge in [0.2, 0.25) is 5.91 Å². The first kappa shape index (κ1) is 17.5. The Bertz CT molecular complexity index is 694. The van der Waals surface area contributed by atoms with Crippen molar-refractivity contribution in [1.29, 1.82) is 0 Å². The lowest BCUT2D eigenvalue weighted by atomic mass is 9.99. The van der Waals surface area contributed by atoms with Gasteiger partial charge < -0.3 is 10.2 Å². The first-order valence-electron chi connectivity index (χ1n) is 8.45. The van der Waals surface area contributed by atoms with Crippen LogP contribution in [0.2, 0.25) is 5.02 Å². The molecule has 132 valence electrons. The zero-order chi connectivity index (χ0) is 17.2. The van der Waals surface area contributed by atoms with Crippen molar-refractivity contribution < 1.29 is 13.2 Å². The van der Waals surface area contributed by atoms with E-state index in [1.807, 2.05) is 24.3 Å². The molecule has 2 aliphatic heterocycles. The standard InChI is InChI=1S/C17H23ClN2O3S/c18-15-5-1-2-6-16(15)20-9-3-4-14(12-20)19-17(21)13-7-10-24(22,23)11-8-13/h1-2,5-6,13-14H,3-4,7-12H2,(H,19,21). The molecule has 5 nitrogen and oxygen atoms in total. The molecule has 1 amide bonds. The number of hydrogen-bond acceptors (Lipinski definition) is 4. The summed E-state index contributed by atoms with van der Waals surface area (Å²) in [5, 5.41) is 3.84. The third-order valence-corrected chi connectivity index (χ3v) is 6.92. The van der Waals surface area contributed by atoms with Crippen molar-refractivity contribution in [1.82, 2.24) is 5.32 Å². The van der Waals surface area contributed by atoms with Crippen molar-refractivity contribution in [2.75, 3.05) is 29.5 Å². The van der Waals surface area contributed by atoms with Crippen molar-refractivity contribution in [3.05, 3.63) is 29.3 Å². The van der Waals surface area contributed by atoms with Crippen LogP contribution in [0.15, 0.2) is 24.3 Å². The molecule has 0 aliphatic carbocycles. The Morgan fingerprint density at radius 3 is 2.58 bits per heavy atom. The highest BCUT2D eigenvalue weighted by molar-refractivity contribution is 7.91. The largest absolute Gasteiger partial charge is 0.368 e. The number of amides is 1. The number of nitrogens with one attached hydrogen (secondary N) is 1. The Labute approximate surface area is 148 Å². The zero-order valence-electron chi connectivity index (χ0n) is 13.6. The highest BCUT2D eigenvalue weighted by Gasteiger charge is 2.30. The molecule has 1 aromatic carbocycles. The normalized spacial score (nSPS) is 24.5. The van der Waals surface area contributed by atoms with Crippen LogP contribution in [0.3, 0.4) is 0 Å². The van der Waals surface area contributed by atoms with Crippen LogP contribution in [0.4, 0.5) is 5.69 Å². The SMILES string of the molecule is O=C(NC1CCCN(c2ccccc2Cl)C1)C1CCS(=O)(=O)CC1. The van der Waals surface area contributed by atoms with Gasteiger partial charge in [-0.25, -0.2) is 8.42 Å². The van der Waals surface area contributed by atoms with Crippen LogP contribution in [-0.2, 0) is 14.6 Å². The summed E-state index contributed by atoms with van der Waals surface area (Å²) in [6, 6.07) is 7.83. The summed E-state index contributed by atoms with van der Waals surface area (Å²) in [6.07, 6.45) is 2.82. The lowest BCUT2D eigenvalue weighted by molar-refractivity contribution is -0.126. The molecule has 3 rings (SSSR count). The molecule has 24 heavy (non-hydrogen) atoms. The molecule has 1 atom stereocenters. The van der Waals surface area contributed by atoms with Crippen LogP contribution in [0.5, 0.6) is 0 Å². The van der Waals surface area contributed by atoms with E-state index in [-0.39, 0.29) is 29.4 Å². The van der Waals surface area contributed by atoms with E-state index < -0.39 is 9.84 Å². The molecular weight excluding hydrogens is 348 g/mol. The minimum atomic E-state index is -2.93. The van der Waals surface area contributed by atoms with E-state index in [2.05, 4.69) is 10.2 Å². The van der Waals surface area contributed by atoms with Crippen molar-refractivity contribution in [3.63, 3.8) is 0 Å². The second-order valence-electron chi connectivity index (χ2n) is 6.67. The summed E-state index contributed by atoms with van der Waals surface area (Å²) in [5.41, 5.74) is 1.00. The number of hydrogen-bond donors (Lipinski definition) is 1. The second kappa shape index (κ2) is 7.31. The molecule has 0 aromatic heterocycles. The molecule has 2 heterocycles. The van der Waals surface area contributed by atoms with E-state index in [4.69, 9.17) is 11.6 Å². The molecule has 2 saturated heterocycles. The predicted octanol–water partition coefficient (Wildman–Crippen LogP) is 2.25. The van der Waals surface area contributed by atoms with Crippen molar-refractivity contribution in [3.8, 4) is 0 Å². The van der Waals surface area contributed by atoms with Crippen molar-refractivity contribution >= 4 is 33.0 Å². The van der Waals surface area contributed by atoms with Crippen molar-refractivity contribution in [2.45, 2.75) is 31.7 Å². The Balaban J connectivity index is 1.58. The molecule has 0 radical (unpaired) electrons. The number of sulfone groups is 1. The number of rotatable bonds is 3. The molecule has 0 bridgehead atoms. The van der Waals surface area contributed by atoms with E-state index >= 15 is 0 Å². The van der Waals surface area contributed by atoms with Gasteiger partial charge in [0.05, 0.1) is 22.2 Å². The van der Waals surface area contributed by atoms with Gasteiger partial charge in [-0.1, -0.05) is 23.7 Å². The van der Waals surface area contributed by atoms with Gasteiger partial charge in [0.25, 0.3) is 0 Å². The van der Waals surface area contributed by atoms with Gasteiger partial charge in [0.15, 0.2) is 0 Å². The van der Waals surface area contributed by atoms with Gasteiger partial charge >= 0.3 is 0 Å². The number of piperidine rings is 1. The maximum Gasteiger partial charge on any atom is 0.223 e. The molecule has 1 unspecified atom stereocenters. The van der Waals surface area contributed by atoms with Gasteiger partial charge in [-0.05, 0) is 37.8 Å². The van der Waals surface area contributed by atoms with E-state index in [0.29, 0.717) is 12.8 Å². The molecule has 0 spiro atoms. The summed E-state index contributed by atoms with van der Waals surface area (Å²) in [5.74, 6) is 0.0725. The fourth-order valence-electron chi connectivity index (χ4n) is 3.49. The Hall–Kier alpha value is -1.27. The number of nitrogens with zero attached hydrogens (tertiary/aromatic N) is 1. The predicted molar refractivity (Wildman–Crippen MR) is 96.2 cm³/mol. The minimum absolute atomic E-state index is 0.00379. The van der Waals surface area contributed by atoms with E-state index in [9.17, 15) is 13.2 Å². The first-order chi connectivity index (χ1) is 11.4. The Morgan fingerprint density at radius 2 is 1.88 bits per heavy atom. The lowest BCUT2D eigenvalue weighted by Gasteiger charge is -2.36. The fraction of sp³-hybridized carbons (Fsp3) is 0.588. The average molecular weight is 371 g/mol. The van der Waals surface area contributed by atoms with Crippen molar-refractivity contribution in [2.24, 2.45) is 5.92 Å². The maximum atomic E-state index is 12.4. The molecule has 7 heteroatoms. The van der Waals surface area contributed by atoms with E-state index in [0.717, 1.165) is 36.6 Å². The number of carbonyl (C=O) groups excluding carboxylic acids is 1. The average Bonchev–Trinajstić information content (AvgIpc) is 2.55. The summed E-state index contributed by atoms with van der Waals surface area (Å²) >= 11 is 6.27. The number of halogens is 1. The molecule has 2 aliphatic rings. The molecular formula is C17H23ClN2O3S. The summed E-state index contributed by atoms with van der Waals surface area (Å²) in [7, 11) is -2.93. The minimum Gasteiger partial charge on any atom is -0.368 e. The second-order valence-corrected chi connectivity index (χ2v) is 9.38. The fourth-order valence-corrected chi connectivity index (χ4v) is 5.24. The van der Waals surface area contributed by atoms with Crippen LogP contribution >= 0.6 is 11.6 Å². The van der Waals surface area contributed by atoms with E-state index in [1.165, 1.54) is 0 Å². The third kappa shape index (κ3) is 4.22. The highest BCUT2D eigenvalue weighted by atomic mass is 35.5. The topological polar surface area (TPSA) is 66.5 Å². The molecule has 1 aromatic rings. The quantitative estimate of drug-likeness (QED) is 0.886. The lowest BCUT2D eigenvalue weighted by Crippen LogP contribution is -2.50. The first-order valence-corrected chi connectivity index (χ1v) is 10.6. The highest BCUT2D eigenvalue weighted by Crippen LogP contribution is 2.28. The van der Waals surface area contributed by atoms with Gasteiger partial charge in [-0.15, -0.1) is 0 Å². The van der Waals surface area contributed by atoms with Crippen LogP contribution in [0.25, 0.3) is 0 Å². The molecule has 1 N–H and O–H groups in total.